The lowest BCUT2D eigenvalue weighted by atomic mass is 9.91. The number of alkyl halides is 3. The van der Waals surface area contributed by atoms with E-state index in [1.165, 1.54) is 13.1 Å². The number of hydrogen-bond acceptors (Lipinski definition) is 4. The van der Waals surface area contributed by atoms with Crippen molar-refractivity contribution in [1.29, 1.82) is 0 Å². The van der Waals surface area contributed by atoms with E-state index in [0.29, 0.717) is 16.8 Å². The van der Waals surface area contributed by atoms with Gasteiger partial charge in [-0.05, 0) is 43.2 Å². The maximum Gasteiger partial charge on any atom is 0.435 e. The van der Waals surface area contributed by atoms with Gasteiger partial charge in [-0.2, -0.15) is 18.3 Å². The van der Waals surface area contributed by atoms with Gasteiger partial charge in [-0.15, -0.1) is 0 Å². The van der Waals surface area contributed by atoms with Gasteiger partial charge in [0, 0.05) is 13.5 Å². The third-order valence-corrected chi connectivity index (χ3v) is 4.36. The van der Waals surface area contributed by atoms with E-state index in [-0.39, 0.29) is 17.7 Å². The summed E-state index contributed by atoms with van der Waals surface area (Å²) >= 11 is 0. The molecule has 1 atom stereocenters. The standard InChI is InChI=1S/C17H16F3N3O3/c1-9-6-10(4-5-11(9)15(24)25)12-8-16(2,26-22-12)14-7-13(17(18,19)20)21-23(14)3/h4-7H,8H2,1-3H3,(H,24,25). The van der Waals surface area contributed by atoms with E-state index in [1.807, 2.05) is 0 Å². The number of carbonyl (C=O) groups is 1. The predicted molar refractivity (Wildman–Crippen MR) is 85.9 cm³/mol. The molecule has 1 aliphatic rings. The topological polar surface area (TPSA) is 76.7 Å². The van der Waals surface area contributed by atoms with Gasteiger partial charge in [-0.3, -0.25) is 4.68 Å². The van der Waals surface area contributed by atoms with Crippen molar-refractivity contribution in [3.8, 4) is 0 Å². The molecule has 1 unspecified atom stereocenters. The highest BCUT2D eigenvalue weighted by atomic mass is 19.4. The van der Waals surface area contributed by atoms with E-state index in [1.54, 1.807) is 26.0 Å². The predicted octanol–water partition coefficient (Wildman–Crippen LogP) is 3.49. The first-order valence-corrected chi connectivity index (χ1v) is 7.72. The molecule has 9 heteroatoms. The van der Waals surface area contributed by atoms with Crippen LogP contribution < -0.4 is 0 Å². The van der Waals surface area contributed by atoms with Crippen LogP contribution in [0.4, 0.5) is 13.2 Å². The maximum absolute atomic E-state index is 12.9. The summed E-state index contributed by atoms with van der Waals surface area (Å²) in [7, 11) is 1.42. The van der Waals surface area contributed by atoms with Gasteiger partial charge in [0.05, 0.1) is 17.0 Å². The molecule has 2 aromatic rings. The van der Waals surface area contributed by atoms with Crippen LogP contribution in [0.2, 0.25) is 0 Å². The lowest BCUT2D eigenvalue weighted by Crippen LogP contribution is -2.25. The molecule has 0 bridgehead atoms. The summed E-state index contributed by atoms with van der Waals surface area (Å²) in [5, 5.41) is 16.6. The largest absolute Gasteiger partial charge is 0.478 e. The quantitative estimate of drug-likeness (QED) is 0.901. The van der Waals surface area contributed by atoms with Crippen LogP contribution in [0.15, 0.2) is 29.4 Å². The van der Waals surface area contributed by atoms with Crippen LogP contribution in [0.3, 0.4) is 0 Å². The van der Waals surface area contributed by atoms with E-state index in [2.05, 4.69) is 10.3 Å². The molecule has 6 nitrogen and oxygen atoms in total. The van der Waals surface area contributed by atoms with Gasteiger partial charge >= 0.3 is 12.1 Å². The van der Waals surface area contributed by atoms with Crippen LogP contribution in [-0.2, 0) is 23.7 Å². The van der Waals surface area contributed by atoms with E-state index in [4.69, 9.17) is 9.94 Å². The Hall–Kier alpha value is -2.84. The van der Waals surface area contributed by atoms with E-state index in [0.717, 1.165) is 10.7 Å². The Morgan fingerprint density at radius 2 is 2.04 bits per heavy atom. The molecule has 1 N–H and O–H groups in total. The Morgan fingerprint density at radius 1 is 1.35 bits per heavy atom. The second-order valence-corrected chi connectivity index (χ2v) is 6.41. The van der Waals surface area contributed by atoms with E-state index in [9.17, 15) is 18.0 Å². The fourth-order valence-electron chi connectivity index (χ4n) is 3.02. The third-order valence-electron chi connectivity index (χ3n) is 4.36. The van der Waals surface area contributed by atoms with Gasteiger partial charge in [0.25, 0.3) is 0 Å². The molecule has 1 aromatic heterocycles. The summed E-state index contributed by atoms with van der Waals surface area (Å²) in [6, 6.07) is 5.70. The van der Waals surface area contributed by atoms with Gasteiger partial charge in [-0.1, -0.05) is 11.2 Å². The lowest BCUT2D eigenvalue weighted by molar-refractivity contribution is -0.141. The molecule has 1 aliphatic heterocycles. The van der Waals surface area contributed by atoms with Crippen LogP contribution >= 0.6 is 0 Å². The van der Waals surface area contributed by atoms with Crippen LogP contribution in [-0.4, -0.2) is 26.6 Å². The molecular formula is C17H16F3N3O3. The Bertz CT molecular complexity index is 918. The Kier molecular flexibility index (Phi) is 4.05. The van der Waals surface area contributed by atoms with E-state index >= 15 is 0 Å². The zero-order chi connectivity index (χ0) is 19.3. The number of carboxylic acid groups (broad SMARTS) is 1. The van der Waals surface area contributed by atoms with Crippen molar-refractivity contribution in [2.45, 2.75) is 32.0 Å². The number of halogens is 3. The molecular weight excluding hydrogens is 351 g/mol. The van der Waals surface area contributed by atoms with Crippen LogP contribution in [0.5, 0.6) is 0 Å². The molecule has 3 rings (SSSR count). The lowest BCUT2D eigenvalue weighted by Gasteiger charge is -2.21. The average molecular weight is 367 g/mol. The number of rotatable bonds is 3. The van der Waals surface area contributed by atoms with Crippen molar-refractivity contribution in [3.05, 3.63) is 52.3 Å². The second-order valence-electron chi connectivity index (χ2n) is 6.41. The van der Waals surface area contributed by atoms with Gasteiger partial charge < -0.3 is 9.94 Å². The minimum absolute atomic E-state index is 0.178. The first-order valence-electron chi connectivity index (χ1n) is 7.72. The summed E-state index contributed by atoms with van der Waals surface area (Å²) in [5.41, 5.74) is 0.0951. The van der Waals surface area contributed by atoms with Crippen molar-refractivity contribution >= 4 is 11.7 Å². The minimum atomic E-state index is -4.54. The van der Waals surface area contributed by atoms with Gasteiger partial charge in [0.15, 0.2) is 11.3 Å². The highest BCUT2D eigenvalue weighted by Gasteiger charge is 2.43. The molecule has 26 heavy (non-hydrogen) atoms. The number of oxime groups is 1. The van der Waals surface area contributed by atoms with Crippen molar-refractivity contribution in [3.63, 3.8) is 0 Å². The Labute approximate surface area is 146 Å². The number of hydrogen-bond donors (Lipinski definition) is 1. The molecule has 0 saturated heterocycles. The molecule has 0 radical (unpaired) electrons. The summed E-state index contributed by atoms with van der Waals surface area (Å²) in [4.78, 5) is 16.6. The highest BCUT2D eigenvalue weighted by molar-refractivity contribution is 6.02. The Balaban J connectivity index is 1.89. The van der Waals surface area contributed by atoms with Crippen molar-refractivity contribution in [2.75, 3.05) is 0 Å². The molecule has 0 saturated carbocycles. The Morgan fingerprint density at radius 3 is 2.58 bits per heavy atom. The fraction of sp³-hybridized carbons (Fsp3) is 0.353. The summed E-state index contributed by atoms with van der Waals surface area (Å²) in [5.74, 6) is -1.03. The zero-order valence-corrected chi connectivity index (χ0v) is 14.3. The smallest absolute Gasteiger partial charge is 0.435 e. The highest BCUT2D eigenvalue weighted by Crippen LogP contribution is 2.38. The van der Waals surface area contributed by atoms with Crippen molar-refractivity contribution in [1.82, 2.24) is 9.78 Å². The van der Waals surface area contributed by atoms with Crippen LogP contribution in [0.25, 0.3) is 0 Å². The molecule has 0 amide bonds. The van der Waals surface area contributed by atoms with Gasteiger partial charge in [0.2, 0.25) is 0 Å². The summed E-state index contributed by atoms with van der Waals surface area (Å²) < 4.78 is 39.8. The van der Waals surface area contributed by atoms with Crippen molar-refractivity contribution < 1.29 is 27.9 Å². The van der Waals surface area contributed by atoms with Crippen LogP contribution in [0.1, 0.15) is 46.2 Å². The fourth-order valence-corrected chi connectivity index (χ4v) is 3.02. The molecule has 138 valence electrons. The molecule has 0 fully saturated rings. The normalized spacial score (nSPS) is 20.0. The average Bonchev–Trinajstić information content (AvgIpc) is 3.11. The summed E-state index contributed by atoms with van der Waals surface area (Å²) in [6.45, 7) is 3.30. The van der Waals surface area contributed by atoms with Gasteiger partial charge in [0.1, 0.15) is 0 Å². The number of benzene rings is 1. The first-order chi connectivity index (χ1) is 12.0. The zero-order valence-electron chi connectivity index (χ0n) is 14.3. The maximum atomic E-state index is 12.9. The minimum Gasteiger partial charge on any atom is -0.478 e. The van der Waals surface area contributed by atoms with Gasteiger partial charge in [-0.25, -0.2) is 4.79 Å². The molecule has 0 aliphatic carbocycles. The third kappa shape index (κ3) is 3.04. The number of aromatic carboxylic acids is 1. The SMILES string of the molecule is Cc1cc(C2=NOC(C)(c3cc(C(F)(F)F)nn3C)C2)ccc1C(=O)O. The molecule has 0 spiro atoms. The summed E-state index contributed by atoms with van der Waals surface area (Å²) in [6.07, 6.45) is -4.31. The number of aryl methyl sites for hydroxylation is 2. The number of nitrogens with zero attached hydrogens (tertiary/aromatic N) is 3. The van der Waals surface area contributed by atoms with Crippen LogP contribution in [0, 0.1) is 6.92 Å². The molecule has 1 aromatic carbocycles. The number of aromatic nitrogens is 2. The van der Waals surface area contributed by atoms with Crippen molar-refractivity contribution in [2.24, 2.45) is 12.2 Å². The number of carboxylic acids is 1. The van der Waals surface area contributed by atoms with E-state index < -0.39 is 23.4 Å². The monoisotopic (exact) mass is 367 g/mol. The second kappa shape index (κ2) is 5.86. The molecule has 2 heterocycles. The first kappa shape index (κ1) is 18.0.